The van der Waals surface area contributed by atoms with Crippen molar-refractivity contribution < 1.29 is 14.4 Å². The molecule has 15 heavy (non-hydrogen) atoms. The molecule has 0 amide bonds. The maximum absolute atomic E-state index is 10.6. The van der Waals surface area contributed by atoms with E-state index in [0.717, 1.165) is 0 Å². The molecule has 6 nitrogen and oxygen atoms in total. The SMILES string of the molecule is COc1ccc(OCC#N)c([N+](=O)[O-])c1. The van der Waals surface area contributed by atoms with Crippen molar-refractivity contribution >= 4 is 5.69 Å². The van der Waals surface area contributed by atoms with Crippen LogP contribution in [0.4, 0.5) is 5.69 Å². The number of nitro groups is 1. The van der Waals surface area contributed by atoms with Crippen LogP contribution < -0.4 is 9.47 Å². The summed E-state index contributed by atoms with van der Waals surface area (Å²) in [5.74, 6) is 0.424. The van der Waals surface area contributed by atoms with Crippen LogP contribution in [-0.2, 0) is 0 Å². The van der Waals surface area contributed by atoms with Gasteiger partial charge < -0.3 is 9.47 Å². The van der Waals surface area contributed by atoms with E-state index in [2.05, 4.69) is 0 Å². The first kappa shape index (κ1) is 10.8. The molecular weight excluding hydrogens is 200 g/mol. The molecule has 0 fully saturated rings. The normalized spacial score (nSPS) is 9.07. The van der Waals surface area contributed by atoms with E-state index in [9.17, 15) is 10.1 Å². The molecule has 1 aromatic carbocycles. The van der Waals surface area contributed by atoms with Gasteiger partial charge in [-0.15, -0.1) is 0 Å². The van der Waals surface area contributed by atoms with Crippen molar-refractivity contribution in [1.82, 2.24) is 0 Å². The highest BCUT2D eigenvalue weighted by atomic mass is 16.6. The number of ether oxygens (including phenoxy) is 2. The molecule has 0 atom stereocenters. The number of benzene rings is 1. The van der Waals surface area contributed by atoms with E-state index < -0.39 is 4.92 Å². The van der Waals surface area contributed by atoms with Crippen molar-refractivity contribution in [2.45, 2.75) is 0 Å². The van der Waals surface area contributed by atoms with Crippen LogP contribution in [0.15, 0.2) is 18.2 Å². The van der Waals surface area contributed by atoms with E-state index in [1.165, 1.54) is 25.3 Å². The summed E-state index contributed by atoms with van der Waals surface area (Å²) in [5, 5.41) is 18.9. The summed E-state index contributed by atoms with van der Waals surface area (Å²) in [7, 11) is 1.41. The number of hydrogen-bond donors (Lipinski definition) is 0. The second kappa shape index (κ2) is 4.81. The molecule has 1 aromatic rings. The first-order valence-corrected chi connectivity index (χ1v) is 4.01. The van der Waals surface area contributed by atoms with Gasteiger partial charge in [-0.25, -0.2) is 0 Å². The average molecular weight is 208 g/mol. The fourth-order valence-corrected chi connectivity index (χ4v) is 0.999. The van der Waals surface area contributed by atoms with Gasteiger partial charge in [-0.1, -0.05) is 0 Å². The third-order valence-corrected chi connectivity index (χ3v) is 1.66. The third kappa shape index (κ3) is 2.57. The first-order chi connectivity index (χ1) is 7.19. The van der Waals surface area contributed by atoms with Gasteiger partial charge >= 0.3 is 5.69 Å². The van der Waals surface area contributed by atoms with Gasteiger partial charge in [0, 0.05) is 0 Å². The Morgan fingerprint density at radius 2 is 2.33 bits per heavy atom. The molecule has 0 aliphatic rings. The summed E-state index contributed by atoms with van der Waals surface area (Å²) in [6.45, 7) is -0.229. The molecule has 1 rings (SSSR count). The molecule has 0 bridgehead atoms. The van der Waals surface area contributed by atoms with Crippen molar-refractivity contribution in [1.29, 1.82) is 5.26 Å². The Bertz CT molecular complexity index is 411. The second-order valence-electron chi connectivity index (χ2n) is 2.54. The highest BCUT2D eigenvalue weighted by molar-refractivity contribution is 5.50. The molecule has 0 spiro atoms. The molecule has 0 aliphatic carbocycles. The monoisotopic (exact) mass is 208 g/mol. The summed E-state index contributed by atoms with van der Waals surface area (Å²) < 4.78 is 9.73. The van der Waals surface area contributed by atoms with Gasteiger partial charge in [-0.05, 0) is 12.1 Å². The molecule has 6 heteroatoms. The standard InChI is InChI=1S/C9H8N2O4/c1-14-7-2-3-9(15-5-4-10)8(6-7)11(12)13/h2-3,6H,5H2,1H3. The quantitative estimate of drug-likeness (QED) is 0.552. The van der Waals surface area contributed by atoms with Gasteiger partial charge in [0.05, 0.1) is 18.1 Å². The maximum Gasteiger partial charge on any atom is 0.314 e. The van der Waals surface area contributed by atoms with Crippen LogP contribution in [0.25, 0.3) is 0 Å². The fraction of sp³-hybridized carbons (Fsp3) is 0.222. The van der Waals surface area contributed by atoms with Crippen LogP contribution in [-0.4, -0.2) is 18.6 Å². The summed E-state index contributed by atoms with van der Waals surface area (Å²) in [5.41, 5.74) is -0.218. The third-order valence-electron chi connectivity index (χ3n) is 1.66. The number of methoxy groups -OCH3 is 1. The molecule has 0 saturated carbocycles. The van der Waals surface area contributed by atoms with Crippen molar-refractivity contribution in [3.63, 3.8) is 0 Å². The molecule has 0 heterocycles. The Balaban J connectivity index is 3.05. The maximum atomic E-state index is 10.6. The average Bonchev–Trinajstić information content (AvgIpc) is 2.26. The summed E-state index contributed by atoms with van der Waals surface area (Å²) in [4.78, 5) is 10.1. The van der Waals surface area contributed by atoms with Gasteiger partial charge in [-0.3, -0.25) is 10.1 Å². The highest BCUT2D eigenvalue weighted by Crippen LogP contribution is 2.30. The van der Waals surface area contributed by atoms with Crippen LogP contribution in [0.2, 0.25) is 0 Å². The zero-order valence-corrected chi connectivity index (χ0v) is 7.97. The Morgan fingerprint density at radius 3 is 2.87 bits per heavy atom. The lowest BCUT2D eigenvalue weighted by molar-refractivity contribution is -0.385. The van der Waals surface area contributed by atoms with Crippen LogP contribution in [0.1, 0.15) is 0 Å². The van der Waals surface area contributed by atoms with Gasteiger partial charge in [0.25, 0.3) is 0 Å². The summed E-state index contributed by atoms with van der Waals surface area (Å²) in [6, 6.07) is 5.90. The molecule has 0 aromatic heterocycles. The minimum atomic E-state index is -0.588. The minimum absolute atomic E-state index is 0.0577. The van der Waals surface area contributed by atoms with E-state index in [1.807, 2.05) is 0 Å². The lowest BCUT2D eigenvalue weighted by Crippen LogP contribution is -1.98. The van der Waals surface area contributed by atoms with E-state index in [0.29, 0.717) is 5.75 Å². The predicted molar refractivity (Wildman–Crippen MR) is 50.8 cm³/mol. The first-order valence-electron chi connectivity index (χ1n) is 4.01. The zero-order chi connectivity index (χ0) is 11.3. The molecule has 78 valence electrons. The molecular formula is C9H8N2O4. The number of rotatable bonds is 4. The van der Waals surface area contributed by atoms with Crippen LogP contribution in [0.3, 0.4) is 0 Å². The van der Waals surface area contributed by atoms with Crippen LogP contribution in [0.5, 0.6) is 11.5 Å². The van der Waals surface area contributed by atoms with Gasteiger partial charge in [0.1, 0.15) is 11.8 Å². The predicted octanol–water partition coefficient (Wildman–Crippen LogP) is 1.51. The number of nitriles is 1. The lowest BCUT2D eigenvalue weighted by Gasteiger charge is -2.04. The Kier molecular flexibility index (Phi) is 3.46. The summed E-state index contributed by atoms with van der Waals surface area (Å²) in [6.07, 6.45) is 0. The lowest BCUT2D eigenvalue weighted by atomic mass is 10.3. The van der Waals surface area contributed by atoms with Crippen molar-refractivity contribution in [2.24, 2.45) is 0 Å². The molecule has 0 unspecified atom stereocenters. The largest absolute Gasteiger partial charge is 0.496 e. The van der Waals surface area contributed by atoms with Gasteiger partial charge in [0.15, 0.2) is 12.4 Å². The molecule has 0 N–H and O–H groups in total. The number of nitrogens with zero attached hydrogens (tertiary/aromatic N) is 2. The molecule has 0 aliphatic heterocycles. The second-order valence-corrected chi connectivity index (χ2v) is 2.54. The summed E-state index contributed by atoms with van der Waals surface area (Å²) >= 11 is 0. The van der Waals surface area contributed by atoms with E-state index in [4.69, 9.17) is 14.7 Å². The Labute approximate surface area is 85.8 Å². The van der Waals surface area contributed by atoms with E-state index in [-0.39, 0.29) is 18.0 Å². The van der Waals surface area contributed by atoms with E-state index >= 15 is 0 Å². The van der Waals surface area contributed by atoms with Crippen LogP contribution >= 0.6 is 0 Å². The Morgan fingerprint density at radius 1 is 1.60 bits per heavy atom. The zero-order valence-electron chi connectivity index (χ0n) is 7.97. The Hall–Kier alpha value is -2.29. The smallest absolute Gasteiger partial charge is 0.314 e. The minimum Gasteiger partial charge on any atom is -0.496 e. The fourth-order valence-electron chi connectivity index (χ4n) is 0.999. The topological polar surface area (TPSA) is 85.4 Å². The van der Waals surface area contributed by atoms with Crippen LogP contribution in [0, 0.1) is 21.4 Å². The number of nitro benzene ring substituents is 1. The van der Waals surface area contributed by atoms with Crippen molar-refractivity contribution in [2.75, 3.05) is 13.7 Å². The van der Waals surface area contributed by atoms with Gasteiger partial charge in [0.2, 0.25) is 0 Å². The van der Waals surface area contributed by atoms with Crippen molar-refractivity contribution in [3.8, 4) is 17.6 Å². The molecule has 0 radical (unpaired) electrons. The van der Waals surface area contributed by atoms with Gasteiger partial charge in [-0.2, -0.15) is 5.26 Å². The van der Waals surface area contributed by atoms with E-state index in [1.54, 1.807) is 6.07 Å². The van der Waals surface area contributed by atoms with Crippen molar-refractivity contribution in [3.05, 3.63) is 28.3 Å². The number of hydrogen-bond acceptors (Lipinski definition) is 5. The molecule has 0 saturated heterocycles. The highest BCUT2D eigenvalue weighted by Gasteiger charge is 2.16.